The van der Waals surface area contributed by atoms with Crippen molar-refractivity contribution in [1.82, 2.24) is 15.2 Å². The average molecular weight is 357 g/mol. The third kappa shape index (κ3) is 2.77. The first-order valence-electron chi connectivity index (χ1n) is 7.93. The van der Waals surface area contributed by atoms with Gasteiger partial charge in [0.1, 0.15) is 17.7 Å². The quantitative estimate of drug-likeness (QED) is 0.742. The molecule has 3 aromatic rings. The van der Waals surface area contributed by atoms with E-state index in [-0.39, 0.29) is 17.4 Å². The van der Waals surface area contributed by atoms with Gasteiger partial charge in [-0.2, -0.15) is 0 Å². The fourth-order valence-corrected chi connectivity index (χ4v) is 3.04. The number of fused-ring (bicyclic) bond motifs is 1. The Bertz CT molecular complexity index is 961. The maximum atomic E-state index is 10.2. The summed E-state index contributed by atoms with van der Waals surface area (Å²) < 4.78 is 5.59. The Morgan fingerprint density at radius 3 is 2.76 bits per heavy atom. The predicted octanol–water partition coefficient (Wildman–Crippen LogP) is 3.85. The molecule has 0 spiro atoms. The first-order valence-corrected chi connectivity index (χ1v) is 8.31. The summed E-state index contributed by atoms with van der Waals surface area (Å²) in [6.45, 7) is 4.95. The van der Waals surface area contributed by atoms with Gasteiger partial charge in [0.2, 0.25) is 0 Å². The van der Waals surface area contributed by atoms with Gasteiger partial charge in [0, 0.05) is 39.2 Å². The van der Waals surface area contributed by atoms with Crippen LogP contribution in [0.4, 0.5) is 5.82 Å². The number of halogens is 1. The van der Waals surface area contributed by atoms with E-state index in [9.17, 15) is 5.11 Å². The van der Waals surface area contributed by atoms with E-state index in [0.717, 1.165) is 10.8 Å². The summed E-state index contributed by atoms with van der Waals surface area (Å²) in [5.74, 6) is 0.669. The van der Waals surface area contributed by atoms with Crippen molar-refractivity contribution in [2.45, 2.75) is 20.1 Å². The van der Waals surface area contributed by atoms with Crippen LogP contribution < -0.4 is 5.32 Å². The lowest BCUT2D eigenvalue weighted by Crippen LogP contribution is -2.52. The number of anilines is 1. The number of ether oxygens (including phenoxy) is 1. The Hall–Kier alpha value is -2.44. The maximum Gasteiger partial charge on any atom is 0.160 e. The van der Waals surface area contributed by atoms with Crippen LogP contribution in [0.15, 0.2) is 36.7 Å². The Morgan fingerprint density at radius 1 is 1.24 bits per heavy atom. The third-order valence-electron chi connectivity index (χ3n) is 4.40. The summed E-state index contributed by atoms with van der Waals surface area (Å²) in [6.07, 6.45) is 3.29. The molecule has 1 aliphatic heterocycles. The van der Waals surface area contributed by atoms with Gasteiger partial charge in [0.25, 0.3) is 0 Å². The molecule has 0 radical (unpaired) electrons. The molecular weight excluding hydrogens is 340 g/mol. The van der Waals surface area contributed by atoms with Gasteiger partial charge in [-0.15, -0.1) is 10.2 Å². The highest BCUT2D eigenvalue weighted by Crippen LogP contribution is 2.38. The molecule has 0 aliphatic carbocycles. The Balaban J connectivity index is 1.82. The molecule has 128 valence electrons. The van der Waals surface area contributed by atoms with Gasteiger partial charge in [-0.25, -0.2) is 0 Å². The molecule has 6 nitrogen and oxygen atoms in total. The normalized spacial score (nSPS) is 18.8. The molecule has 1 aliphatic rings. The monoisotopic (exact) mass is 356 g/mol. The number of benzene rings is 1. The number of pyridine rings is 1. The van der Waals surface area contributed by atoms with Gasteiger partial charge in [0.05, 0.1) is 6.61 Å². The highest BCUT2D eigenvalue weighted by Gasteiger charge is 2.40. The standard InChI is InChI=1S/C18H17ClN4O2/c1-18(2)9-25-17(18)21-16-13-8-20-6-5-11(13)15(22-23-16)12-4-3-10(19)7-14(12)24/h3-8,17,24H,9H2,1-2H3,(H,21,23)/t17-/m1/s1. The summed E-state index contributed by atoms with van der Waals surface area (Å²) >= 11 is 5.92. The van der Waals surface area contributed by atoms with E-state index in [1.54, 1.807) is 24.5 Å². The molecule has 4 rings (SSSR count). The summed E-state index contributed by atoms with van der Waals surface area (Å²) in [4.78, 5) is 4.20. The van der Waals surface area contributed by atoms with Gasteiger partial charge in [-0.05, 0) is 24.3 Å². The Kier molecular flexibility index (Phi) is 3.74. The van der Waals surface area contributed by atoms with E-state index in [4.69, 9.17) is 16.3 Å². The zero-order valence-electron chi connectivity index (χ0n) is 13.8. The molecule has 1 aromatic carbocycles. The third-order valence-corrected chi connectivity index (χ3v) is 4.63. The number of rotatable bonds is 3. The van der Waals surface area contributed by atoms with Gasteiger partial charge >= 0.3 is 0 Å². The molecule has 25 heavy (non-hydrogen) atoms. The van der Waals surface area contributed by atoms with E-state index in [1.807, 2.05) is 6.07 Å². The van der Waals surface area contributed by atoms with Crippen LogP contribution >= 0.6 is 11.6 Å². The number of phenols is 1. The molecule has 0 unspecified atom stereocenters. The molecule has 1 fully saturated rings. The van der Waals surface area contributed by atoms with Crippen molar-refractivity contribution in [2.75, 3.05) is 11.9 Å². The predicted molar refractivity (Wildman–Crippen MR) is 96.6 cm³/mol. The molecule has 1 saturated heterocycles. The van der Waals surface area contributed by atoms with Crippen LogP contribution in [-0.2, 0) is 4.74 Å². The lowest BCUT2D eigenvalue weighted by atomic mass is 9.87. The van der Waals surface area contributed by atoms with E-state index in [0.29, 0.717) is 28.7 Å². The lowest BCUT2D eigenvalue weighted by Gasteiger charge is -2.44. The second-order valence-electron chi connectivity index (χ2n) is 6.80. The maximum absolute atomic E-state index is 10.2. The first kappa shape index (κ1) is 16.1. The number of hydrogen-bond acceptors (Lipinski definition) is 6. The molecule has 2 aromatic heterocycles. The molecule has 1 atom stereocenters. The second kappa shape index (κ2) is 5.82. The van der Waals surface area contributed by atoms with Crippen molar-refractivity contribution >= 4 is 28.2 Å². The van der Waals surface area contributed by atoms with Crippen LogP contribution in [0, 0.1) is 5.41 Å². The van der Waals surface area contributed by atoms with Gasteiger partial charge in [0.15, 0.2) is 5.82 Å². The Morgan fingerprint density at radius 2 is 2.08 bits per heavy atom. The lowest BCUT2D eigenvalue weighted by molar-refractivity contribution is -0.151. The number of hydrogen-bond donors (Lipinski definition) is 2. The number of aromatic nitrogens is 3. The average Bonchev–Trinajstić information content (AvgIpc) is 2.59. The Labute approximate surface area is 149 Å². The van der Waals surface area contributed by atoms with E-state index >= 15 is 0 Å². The topological polar surface area (TPSA) is 80.2 Å². The van der Waals surface area contributed by atoms with Crippen molar-refractivity contribution in [3.8, 4) is 17.0 Å². The van der Waals surface area contributed by atoms with Crippen LogP contribution in [-0.4, -0.2) is 33.1 Å². The van der Waals surface area contributed by atoms with Gasteiger partial charge < -0.3 is 15.2 Å². The van der Waals surface area contributed by atoms with E-state index < -0.39 is 0 Å². The van der Waals surface area contributed by atoms with Crippen LogP contribution in [0.3, 0.4) is 0 Å². The fourth-order valence-electron chi connectivity index (χ4n) is 2.87. The number of phenolic OH excluding ortho intramolecular Hbond substituents is 1. The number of nitrogens with one attached hydrogen (secondary N) is 1. The summed E-state index contributed by atoms with van der Waals surface area (Å²) in [6, 6.07) is 6.78. The summed E-state index contributed by atoms with van der Waals surface area (Å²) in [5, 5.41) is 24.3. The van der Waals surface area contributed by atoms with E-state index in [2.05, 4.69) is 34.3 Å². The molecule has 0 amide bonds. The van der Waals surface area contributed by atoms with Crippen molar-refractivity contribution in [3.63, 3.8) is 0 Å². The zero-order valence-corrected chi connectivity index (χ0v) is 14.6. The molecule has 0 saturated carbocycles. The molecule has 0 bridgehead atoms. The van der Waals surface area contributed by atoms with E-state index in [1.165, 1.54) is 6.07 Å². The summed E-state index contributed by atoms with van der Waals surface area (Å²) in [5.41, 5.74) is 1.18. The molecule has 7 heteroatoms. The summed E-state index contributed by atoms with van der Waals surface area (Å²) in [7, 11) is 0. The van der Waals surface area contributed by atoms with Crippen LogP contribution in [0.25, 0.3) is 22.0 Å². The minimum absolute atomic E-state index is 0.0311. The minimum atomic E-state index is -0.125. The van der Waals surface area contributed by atoms with Gasteiger partial charge in [-0.3, -0.25) is 4.98 Å². The van der Waals surface area contributed by atoms with Gasteiger partial charge in [-0.1, -0.05) is 25.4 Å². The first-order chi connectivity index (χ1) is 12.0. The van der Waals surface area contributed by atoms with Crippen molar-refractivity contribution in [3.05, 3.63) is 41.7 Å². The second-order valence-corrected chi connectivity index (χ2v) is 7.24. The molecular formula is C18H17ClN4O2. The van der Waals surface area contributed by atoms with Crippen molar-refractivity contribution in [1.29, 1.82) is 0 Å². The highest BCUT2D eigenvalue weighted by atomic mass is 35.5. The van der Waals surface area contributed by atoms with Crippen LogP contribution in [0.1, 0.15) is 13.8 Å². The molecule has 2 N–H and O–H groups in total. The number of nitrogens with zero attached hydrogens (tertiary/aromatic N) is 3. The smallest absolute Gasteiger partial charge is 0.160 e. The fraction of sp³-hybridized carbons (Fsp3) is 0.278. The molecule has 3 heterocycles. The minimum Gasteiger partial charge on any atom is -0.507 e. The van der Waals surface area contributed by atoms with Crippen molar-refractivity contribution in [2.24, 2.45) is 5.41 Å². The highest BCUT2D eigenvalue weighted by molar-refractivity contribution is 6.30. The SMILES string of the molecule is CC1(C)CO[C@H]1Nc1nnc(-c2ccc(Cl)cc2O)c2ccncc12. The largest absolute Gasteiger partial charge is 0.507 e. The van der Waals surface area contributed by atoms with Crippen LogP contribution in [0.5, 0.6) is 5.75 Å². The van der Waals surface area contributed by atoms with Crippen LogP contribution in [0.2, 0.25) is 5.02 Å². The van der Waals surface area contributed by atoms with Crippen molar-refractivity contribution < 1.29 is 9.84 Å². The zero-order chi connectivity index (χ0) is 17.6. The number of aromatic hydroxyl groups is 1.